The second-order valence-electron chi connectivity index (χ2n) is 23.0. The van der Waals surface area contributed by atoms with Gasteiger partial charge in [-0.2, -0.15) is 0 Å². The number of nitrogens with one attached hydrogen (secondary N) is 1. The highest BCUT2D eigenvalue weighted by atomic mass is 16.5. The highest BCUT2D eigenvalue weighted by molar-refractivity contribution is 5.69. The Balaban J connectivity index is 4.99. The van der Waals surface area contributed by atoms with Gasteiger partial charge in [0.2, 0.25) is 0 Å². The fourth-order valence-electron chi connectivity index (χ4n) is 10.9. The number of hydrogen-bond acceptors (Lipinski definition) is 6. The van der Waals surface area contributed by atoms with E-state index in [9.17, 15) is 9.59 Å². The van der Waals surface area contributed by atoms with Gasteiger partial charge in [-0.05, 0) is 82.6 Å². The molecule has 0 heterocycles. The third-order valence-corrected chi connectivity index (χ3v) is 15.9. The van der Waals surface area contributed by atoms with Gasteiger partial charge in [-0.25, -0.2) is 0 Å². The number of nitrogens with zero attached hydrogens (tertiary/aromatic N) is 2. The SMILES string of the molecule is CCCCCCCCCN(CCCN(C)C=N)C(CCCCCCCCC(=O)OCC(CCCCCC)CCCCCCCC)CCCCCCCCC(=O)OCC(CCCCCC)CCCCCCCC. The summed E-state index contributed by atoms with van der Waals surface area (Å²) in [4.78, 5) is 30.5. The van der Waals surface area contributed by atoms with Crippen LogP contribution in [0.1, 0.15) is 343 Å². The van der Waals surface area contributed by atoms with Crippen LogP contribution in [0.2, 0.25) is 0 Å². The lowest BCUT2D eigenvalue weighted by atomic mass is 9.95. The number of carbonyl (C=O) groups excluding carboxylic acids is 2. The summed E-state index contributed by atoms with van der Waals surface area (Å²) in [6.45, 7) is 16.0. The molecule has 0 bridgehead atoms. The molecule has 0 spiro atoms. The fourth-order valence-corrected chi connectivity index (χ4v) is 10.9. The molecule has 7 nitrogen and oxygen atoms in total. The Kier molecular flexibility index (Phi) is 55.8. The van der Waals surface area contributed by atoms with Gasteiger partial charge in [0.15, 0.2) is 0 Å². The van der Waals surface area contributed by atoms with Gasteiger partial charge >= 0.3 is 11.9 Å². The third-order valence-electron chi connectivity index (χ3n) is 15.9. The van der Waals surface area contributed by atoms with Gasteiger partial charge in [-0.15, -0.1) is 0 Å². The molecule has 0 aromatic rings. The zero-order valence-corrected chi connectivity index (χ0v) is 49.8. The molecule has 0 aliphatic heterocycles. The summed E-state index contributed by atoms with van der Waals surface area (Å²) < 4.78 is 11.8. The van der Waals surface area contributed by atoms with Crippen molar-refractivity contribution in [3.63, 3.8) is 0 Å². The molecule has 0 amide bonds. The first-order valence-corrected chi connectivity index (χ1v) is 32.6. The first kappa shape index (κ1) is 70.4. The largest absolute Gasteiger partial charge is 0.465 e. The molecule has 0 rings (SSSR count). The van der Waals surface area contributed by atoms with Crippen LogP contribution in [0.4, 0.5) is 0 Å². The quantitative estimate of drug-likeness (QED) is 0.0283. The van der Waals surface area contributed by atoms with Crippen molar-refractivity contribution < 1.29 is 19.1 Å². The van der Waals surface area contributed by atoms with Crippen molar-refractivity contribution in [2.24, 2.45) is 11.8 Å². The van der Waals surface area contributed by atoms with Crippen molar-refractivity contribution in [2.45, 2.75) is 349 Å². The highest BCUT2D eigenvalue weighted by Crippen LogP contribution is 2.24. The Morgan fingerprint density at radius 3 is 0.986 bits per heavy atom. The minimum Gasteiger partial charge on any atom is -0.465 e. The van der Waals surface area contributed by atoms with Gasteiger partial charge in [0.05, 0.1) is 19.6 Å². The Labute approximate surface area is 451 Å². The van der Waals surface area contributed by atoms with E-state index < -0.39 is 0 Å². The summed E-state index contributed by atoms with van der Waals surface area (Å²) in [6, 6.07) is 0.632. The molecule has 0 fully saturated rings. The van der Waals surface area contributed by atoms with E-state index in [4.69, 9.17) is 14.9 Å². The van der Waals surface area contributed by atoms with E-state index in [1.54, 1.807) is 0 Å². The molecule has 1 N–H and O–H groups in total. The minimum atomic E-state index is 0.0258. The third kappa shape index (κ3) is 49.3. The number of rotatable bonds is 60. The van der Waals surface area contributed by atoms with Gasteiger partial charge in [0.1, 0.15) is 0 Å². The molecular formula is C65H129N3O4. The van der Waals surface area contributed by atoms with Crippen molar-refractivity contribution >= 4 is 18.3 Å². The standard InChI is InChI=1S/C65H129N3O4/c1-7-12-17-22-29-36-45-56-68(57-46-55-67(6)60-66)63(51-41-32-25-27-34-43-53-64(69)71-58-61(47-37-20-15-10-4)49-39-30-23-18-13-8-2)52-42-33-26-28-35-44-54-65(70)72-59-62(48-38-21-16-11-5)50-40-31-24-19-14-9-3/h60-63,66H,7-59H2,1-6H3. The molecule has 0 aliphatic rings. The summed E-state index contributed by atoms with van der Waals surface area (Å²) >= 11 is 0. The summed E-state index contributed by atoms with van der Waals surface area (Å²) in [5.74, 6) is 1.13. The summed E-state index contributed by atoms with van der Waals surface area (Å²) in [5, 5.41) is 7.72. The van der Waals surface area contributed by atoms with Gasteiger partial charge in [-0.1, -0.05) is 266 Å². The molecule has 0 aliphatic carbocycles. The number of carbonyl (C=O) groups is 2. The van der Waals surface area contributed by atoms with E-state index in [0.717, 1.165) is 45.2 Å². The molecule has 0 aromatic heterocycles. The maximum absolute atomic E-state index is 12.8. The lowest BCUT2D eigenvalue weighted by molar-refractivity contribution is -0.146. The monoisotopic (exact) mass is 1020 g/mol. The lowest BCUT2D eigenvalue weighted by Gasteiger charge is -2.33. The second-order valence-corrected chi connectivity index (χ2v) is 23.0. The molecule has 0 aromatic carbocycles. The highest BCUT2D eigenvalue weighted by Gasteiger charge is 2.19. The second kappa shape index (κ2) is 57.1. The predicted molar refractivity (Wildman–Crippen MR) is 316 cm³/mol. The van der Waals surface area contributed by atoms with Crippen LogP contribution in [0.5, 0.6) is 0 Å². The topological polar surface area (TPSA) is 82.9 Å². The van der Waals surface area contributed by atoms with Crippen molar-refractivity contribution in [2.75, 3.05) is 39.9 Å². The lowest BCUT2D eigenvalue weighted by Crippen LogP contribution is -2.38. The van der Waals surface area contributed by atoms with Crippen LogP contribution in [-0.4, -0.2) is 74.0 Å². The smallest absolute Gasteiger partial charge is 0.305 e. The molecular weight excluding hydrogens is 887 g/mol. The Morgan fingerprint density at radius 2 is 0.639 bits per heavy atom. The van der Waals surface area contributed by atoms with Crippen molar-refractivity contribution in [1.29, 1.82) is 5.41 Å². The van der Waals surface area contributed by atoms with Gasteiger partial charge < -0.3 is 19.3 Å². The zero-order valence-electron chi connectivity index (χ0n) is 49.8. The van der Waals surface area contributed by atoms with Crippen LogP contribution in [0.15, 0.2) is 0 Å². The molecule has 2 atom stereocenters. The maximum atomic E-state index is 12.8. The number of ether oxygens (including phenoxy) is 2. The van der Waals surface area contributed by atoms with Crippen molar-refractivity contribution in [1.82, 2.24) is 9.80 Å². The molecule has 428 valence electrons. The van der Waals surface area contributed by atoms with E-state index in [0.29, 0.717) is 43.9 Å². The summed E-state index contributed by atoms with van der Waals surface area (Å²) in [6.07, 6.45) is 61.1. The summed E-state index contributed by atoms with van der Waals surface area (Å²) in [5.41, 5.74) is 0. The molecule has 7 heteroatoms. The number of esters is 2. The maximum Gasteiger partial charge on any atom is 0.305 e. The predicted octanol–water partition coefficient (Wildman–Crippen LogP) is 20.3. The van der Waals surface area contributed by atoms with Crippen LogP contribution in [0.25, 0.3) is 0 Å². The van der Waals surface area contributed by atoms with Crippen LogP contribution < -0.4 is 0 Å². The molecule has 72 heavy (non-hydrogen) atoms. The van der Waals surface area contributed by atoms with E-state index in [1.807, 2.05) is 11.9 Å². The van der Waals surface area contributed by atoms with Crippen molar-refractivity contribution in [3.05, 3.63) is 0 Å². The average Bonchev–Trinajstić information content (AvgIpc) is 3.38. The van der Waals surface area contributed by atoms with Crippen LogP contribution in [0.3, 0.4) is 0 Å². The Bertz CT molecular complexity index is 1060. The Morgan fingerprint density at radius 1 is 0.361 bits per heavy atom. The van der Waals surface area contributed by atoms with Crippen LogP contribution in [0, 0.1) is 17.2 Å². The van der Waals surface area contributed by atoms with E-state index in [2.05, 4.69) is 39.5 Å². The first-order valence-electron chi connectivity index (χ1n) is 32.6. The Hall–Kier alpha value is -1.63. The molecule has 0 saturated heterocycles. The molecule has 2 unspecified atom stereocenters. The fraction of sp³-hybridized carbons (Fsp3) is 0.954. The summed E-state index contributed by atoms with van der Waals surface area (Å²) in [7, 11) is 2.03. The van der Waals surface area contributed by atoms with E-state index in [1.165, 1.54) is 276 Å². The van der Waals surface area contributed by atoms with Gasteiger partial charge in [-0.3, -0.25) is 15.0 Å². The normalized spacial score (nSPS) is 12.9. The first-order chi connectivity index (χ1) is 35.3. The van der Waals surface area contributed by atoms with Gasteiger partial charge in [0, 0.05) is 39.0 Å². The van der Waals surface area contributed by atoms with Gasteiger partial charge in [0.25, 0.3) is 0 Å². The van der Waals surface area contributed by atoms with E-state index in [-0.39, 0.29) is 11.9 Å². The minimum absolute atomic E-state index is 0.0258. The van der Waals surface area contributed by atoms with Crippen LogP contribution in [-0.2, 0) is 19.1 Å². The van der Waals surface area contributed by atoms with Crippen molar-refractivity contribution in [3.8, 4) is 0 Å². The van der Waals surface area contributed by atoms with Crippen LogP contribution >= 0.6 is 0 Å². The van der Waals surface area contributed by atoms with E-state index >= 15 is 0 Å². The molecule has 0 radical (unpaired) electrons. The zero-order chi connectivity index (χ0) is 52.6. The molecule has 0 saturated carbocycles. The average molecular weight is 1020 g/mol. The number of unbranched alkanes of at least 4 members (excludes halogenated alkanes) is 32. The number of hydrogen-bond donors (Lipinski definition) is 1.